The van der Waals surface area contributed by atoms with E-state index in [2.05, 4.69) is 26.6 Å². The number of para-hydroxylation sites is 1. The fourth-order valence-electron chi connectivity index (χ4n) is 4.37. The lowest BCUT2D eigenvalue weighted by molar-refractivity contribution is -0.116. The smallest absolute Gasteiger partial charge is 0.272 e. The molecule has 9 heteroatoms. The normalized spacial score (nSPS) is 12.5. The standard InChI is InChI=1S/C32H25BrFN3O3S/c33-23-11-9-21(10-12-23)19-28(36-31(39)26-6-2-3-7-27(26)34)32(40)35-24-13-15-25(16-14-24)41-20-30(38)37-18-17-22-5-1-4-8-29(22)37/h1-16,19H,17-18,20H2,(H,35,40)(H,36,39)/b28-19+. The van der Waals surface area contributed by atoms with Crippen LogP contribution in [0.25, 0.3) is 6.08 Å². The van der Waals surface area contributed by atoms with Crippen molar-refractivity contribution in [3.05, 3.63) is 130 Å². The number of amides is 3. The van der Waals surface area contributed by atoms with Crippen molar-refractivity contribution in [2.75, 3.05) is 22.5 Å². The summed E-state index contributed by atoms with van der Waals surface area (Å²) in [4.78, 5) is 41.6. The third-order valence-corrected chi connectivity index (χ3v) is 7.98. The second-order valence-electron chi connectivity index (χ2n) is 9.23. The van der Waals surface area contributed by atoms with Crippen molar-refractivity contribution in [1.82, 2.24) is 5.32 Å². The summed E-state index contributed by atoms with van der Waals surface area (Å²) in [5.41, 5.74) is 3.12. The number of fused-ring (bicyclic) bond motifs is 1. The van der Waals surface area contributed by atoms with Crippen molar-refractivity contribution in [3.63, 3.8) is 0 Å². The molecular formula is C32H25BrFN3O3S. The summed E-state index contributed by atoms with van der Waals surface area (Å²) >= 11 is 4.80. The fraction of sp³-hybridized carbons (Fsp3) is 0.0938. The van der Waals surface area contributed by atoms with Gasteiger partial charge in [-0.25, -0.2) is 4.39 Å². The molecular weight excluding hydrogens is 605 g/mol. The van der Waals surface area contributed by atoms with Crippen LogP contribution in [0.2, 0.25) is 0 Å². The third kappa shape index (κ3) is 7.11. The van der Waals surface area contributed by atoms with Gasteiger partial charge in [-0.15, -0.1) is 11.8 Å². The molecule has 41 heavy (non-hydrogen) atoms. The Labute approximate surface area is 249 Å². The molecule has 0 aliphatic carbocycles. The highest BCUT2D eigenvalue weighted by Crippen LogP contribution is 2.29. The molecule has 0 unspecified atom stereocenters. The van der Waals surface area contributed by atoms with Gasteiger partial charge < -0.3 is 15.5 Å². The van der Waals surface area contributed by atoms with E-state index in [0.717, 1.165) is 21.5 Å². The Morgan fingerprint density at radius 1 is 0.902 bits per heavy atom. The molecule has 0 bridgehead atoms. The second kappa shape index (κ2) is 13.0. The molecule has 1 aliphatic rings. The average molecular weight is 631 g/mol. The Morgan fingerprint density at radius 2 is 1.61 bits per heavy atom. The molecule has 0 aromatic heterocycles. The minimum absolute atomic E-state index is 0.0458. The van der Waals surface area contributed by atoms with Crippen LogP contribution in [-0.2, 0) is 16.0 Å². The second-order valence-corrected chi connectivity index (χ2v) is 11.2. The van der Waals surface area contributed by atoms with Crippen LogP contribution in [0.4, 0.5) is 15.8 Å². The van der Waals surface area contributed by atoms with Gasteiger partial charge in [0.1, 0.15) is 11.5 Å². The summed E-state index contributed by atoms with van der Waals surface area (Å²) in [5, 5.41) is 5.33. The molecule has 0 atom stereocenters. The van der Waals surface area contributed by atoms with Gasteiger partial charge in [0.05, 0.1) is 11.3 Å². The van der Waals surface area contributed by atoms with Crippen molar-refractivity contribution in [3.8, 4) is 0 Å². The molecule has 2 N–H and O–H groups in total. The number of nitrogens with zero attached hydrogens (tertiary/aromatic N) is 1. The molecule has 1 heterocycles. The number of hydrogen-bond acceptors (Lipinski definition) is 4. The van der Waals surface area contributed by atoms with Gasteiger partial charge in [0.2, 0.25) is 5.91 Å². The topological polar surface area (TPSA) is 78.5 Å². The highest BCUT2D eigenvalue weighted by molar-refractivity contribution is 9.10. The van der Waals surface area contributed by atoms with Gasteiger partial charge in [-0.1, -0.05) is 58.4 Å². The Bertz CT molecular complexity index is 1620. The van der Waals surface area contributed by atoms with E-state index < -0.39 is 17.6 Å². The SMILES string of the molecule is O=C(Nc1ccc(SCC(=O)N2CCc3ccccc32)cc1)/C(=C\c1ccc(Br)cc1)NC(=O)c1ccccc1F. The first-order chi connectivity index (χ1) is 19.9. The van der Waals surface area contributed by atoms with Gasteiger partial charge in [-0.2, -0.15) is 0 Å². The van der Waals surface area contributed by atoms with Gasteiger partial charge in [-0.05, 0) is 78.2 Å². The molecule has 0 radical (unpaired) electrons. The summed E-state index contributed by atoms with van der Waals surface area (Å²) in [7, 11) is 0. The van der Waals surface area contributed by atoms with Crippen LogP contribution in [0.3, 0.4) is 0 Å². The molecule has 0 saturated heterocycles. The monoisotopic (exact) mass is 629 g/mol. The van der Waals surface area contributed by atoms with Crippen LogP contribution in [0, 0.1) is 5.82 Å². The lowest BCUT2D eigenvalue weighted by Gasteiger charge is -2.17. The van der Waals surface area contributed by atoms with E-state index in [4.69, 9.17) is 0 Å². The Balaban J connectivity index is 1.25. The van der Waals surface area contributed by atoms with Crippen LogP contribution in [0.1, 0.15) is 21.5 Å². The molecule has 0 saturated carbocycles. The van der Waals surface area contributed by atoms with Gasteiger partial charge >= 0.3 is 0 Å². The van der Waals surface area contributed by atoms with Crippen molar-refractivity contribution < 1.29 is 18.8 Å². The molecule has 4 aromatic carbocycles. The van der Waals surface area contributed by atoms with E-state index in [1.54, 1.807) is 30.3 Å². The summed E-state index contributed by atoms with van der Waals surface area (Å²) in [5.74, 6) is -1.65. The number of halogens is 2. The molecule has 0 spiro atoms. The van der Waals surface area contributed by atoms with E-state index in [0.29, 0.717) is 23.5 Å². The van der Waals surface area contributed by atoms with E-state index >= 15 is 0 Å². The first kappa shape index (κ1) is 28.3. The quantitative estimate of drug-likeness (QED) is 0.168. The first-order valence-corrected chi connectivity index (χ1v) is 14.6. The first-order valence-electron chi connectivity index (χ1n) is 12.8. The molecule has 4 aromatic rings. The van der Waals surface area contributed by atoms with Gasteiger partial charge in [0, 0.05) is 27.3 Å². The fourth-order valence-corrected chi connectivity index (χ4v) is 5.41. The maximum atomic E-state index is 14.2. The average Bonchev–Trinajstić information content (AvgIpc) is 3.42. The third-order valence-electron chi connectivity index (χ3n) is 6.46. The number of anilines is 2. The maximum absolute atomic E-state index is 14.2. The summed E-state index contributed by atoms with van der Waals surface area (Å²) in [6.45, 7) is 0.688. The largest absolute Gasteiger partial charge is 0.321 e. The number of thioether (sulfide) groups is 1. The molecule has 6 nitrogen and oxygen atoms in total. The molecule has 0 fully saturated rings. The highest BCUT2D eigenvalue weighted by Gasteiger charge is 2.24. The predicted molar refractivity (Wildman–Crippen MR) is 164 cm³/mol. The number of nitrogens with one attached hydrogen (secondary N) is 2. The van der Waals surface area contributed by atoms with Crippen LogP contribution in [0.5, 0.6) is 0 Å². The van der Waals surface area contributed by atoms with E-state index in [9.17, 15) is 18.8 Å². The van der Waals surface area contributed by atoms with Gasteiger partial charge in [-0.3, -0.25) is 14.4 Å². The van der Waals surface area contributed by atoms with Crippen molar-refractivity contribution in [2.45, 2.75) is 11.3 Å². The van der Waals surface area contributed by atoms with Crippen LogP contribution >= 0.6 is 27.7 Å². The van der Waals surface area contributed by atoms with Crippen molar-refractivity contribution in [2.24, 2.45) is 0 Å². The van der Waals surface area contributed by atoms with E-state index in [1.165, 1.54) is 41.6 Å². The zero-order chi connectivity index (χ0) is 28.8. The summed E-state index contributed by atoms with van der Waals surface area (Å²) in [6.07, 6.45) is 2.38. The van der Waals surface area contributed by atoms with Crippen LogP contribution in [0.15, 0.2) is 112 Å². The zero-order valence-corrected chi connectivity index (χ0v) is 24.2. The number of benzene rings is 4. The molecule has 3 amide bonds. The number of carbonyl (C=O) groups is 3. The Morgan fingerprint density at radius 3 is 2.37 bits per heavy atom. The molecule has 206 valence electrons. The Kier molecular flexibility index (Phi) is 8.96. The lowest BCUT2D eigenvalue weighted by Crippen LogP contribution is -2.31. The minimum atomic E-state index is -0.737. The van der Waals surface area contributed by atoms with E-state index in [1.807, 2.05) is 53.4 Å². The molecule has 1 aliphatic heterocycles. The van der Waals surface area contributed by atoms with Crippen LogP contribution in [-0.4, -0.2) is 30.0 Å². The number of rotatable bonds is 8. The summed E-state index contributed by atoms with van der Waals surface area (Å²) < 4.78 is 15.1. The van der Waals surface area contributed by atoms with Crippen molar-refractivity contribution in [1.29, 1.82) is 0 Å². The Hall–Kier alpha value is -4.21. The lowest BCUT2D eigenvalue weighted by atomic mass is 10.1. The van der Waals surface area contributed by atoms with Crippen LogP contribution < -0.4 is 15.5 Å². The number of carbonyl (C=O) groups excluding carboxylic acids is 3. The van der Waals surface area contributed by atoms with Gasteiger partial charge in [0.25, 0.3) is 11.8 Å². The zero-order valence-electron chi connectivity index (χ0n) is 21.8. The highest BCUT2D eigenvalue weighted by atomic mass is 79.9. The maximum Gasteiger partial charge on any atom is 0.272 e. The van der Waals surface area contributed by atoms with Gasteiger partial charge in [0.15, 0.2) is 0 Å². The minimum Gasteiger partial charge on any atom is -0.321 e. The predicted octanol–water partition coefficient (Wildman–Crippen LogP) is 6.68. The van der Waals surface area contributed by atoms with E-state index in [-0.39, 0.29) is 17.2 Å². The molecule has 5 rings (SSSR count). The van der Waals surface area contributed by atoms with Crippen molar-refractivity contribution >= 4 is 62.9 Å². The number of hydrogen-bond donors (Lipinski definition) is 2. The summed E-state index contributed by atoms with van der Waals surface area (Å²) in [6, 6.07) is 27.8.